The van der Waals surface area contributed by atoms with Gasteiger partial charge in [-0.05, 0) is 12.5 Å². The molecule has 5 heteroatoms. The lowest BCUT2D eigenvalue weighted by Gasteiger charge is -2.25. The zero-order valence-electron chi connectivity index (χ0n) is 12.8. The van der Waals surface area contributed by atoms with Gasteiger partial charge in [-0.1, -0.05) is 44.2 Å². The Bertz CT molecular complexity index is 616. The van der Waals surface area contributed by atoms with Gasteiger partial charge in [0.15, 0.2) is 5.69 Å². The number of carbonyl (C=O) groups is 1. The molecule has 2 rings (SSSR count). The maximum atomic E-state index is 12.2. The Balaban J connectivity index is 2.05. The van der Waals surface area contributed by atoms with E-state index in [1.807, 2.05) is 25.1 Å². The molecule has 1 amide bonds. The van der Waals surface area contributed by atoms with Crippen LogP contribution in [0.2, 0.25) is 0 Å². The van der Waals surface area contributed by atoms with Crippen molar-refractivity contribution >= 4 is 11.6 Å². The van der Waals surface area contributed by atoms with E-state index < -0.39 is 0 Å². The lowest BCUT2D eigenvalue weighted by Crippen LogP contribution is -2.37. The molecular formula is C16H22N4O. The van der Waals surface area contributed by atoms with Crippen LogP contribution in [-0.2, 0) is 12.0 Å². The van der Waals surface area contributed by atoms with Crippen LogP contribution in [0.25, 0.3) is 0 Å². The number of nitrogen functional groups attached to an aromatic ring is 1. The first-order valence-electron chi connectivity index (χ1n) is 7.10. The first kappa shape index (κ1) is 15.1. The molecule has 0 bridgehead atoms. The summed E-state index contributed by atoms with van der Waals surface area (Å²) in [5, 5.41) is 7.10. The smallest absolute Gasteiger partial charge is 0.273 e. The van der Waals surface area contributed by atoms with Gasteiger partial charge in [0.05, 0.1) is 5.69 Å². The molecule has 0 aliphatic heterocycles. The van der Waals surface area contributed by atoms with Crippen molar-refractivity contribution in [1.29, 1.82) is 0 Å². The van der Waals surface area contributed by atoms with Crippen molar-refractivity contribution in [3.63, 3.8) is 0 Å². The van der Waals surface area contributed by atoms with Gasteiger partial charge in [0.2, 0.25) is 0 Å². The van der Waals surface area contributed by atoms with Crippen molar-refractivity contribution in [2.24, 2.45) is 0 Å². The summed E-state index contributed by atoms with van der Waals surface area (Å²) in [5.41, 5.74) is 7.55. The quantitative estimate of drug-likeness (QED) is 0.885. The highest BCUT2D eigenvalue weighted by molar-refractivity contribution is 5.97. The standard InChI is InChI=1S/C16H22N4O/c1-4-20-10-13(17)14(19-20)15(21)18-11-16(2,3)12-8-6-5-7-9-12/h5-10H,4,11,17H2,1-3H3,(H,18,21). The summed E-state index contributed by atoms with van der Waals surface area (Å²) in [5.74, 6) is -0.233. The molecule has 0 unspecified atom stereocenters. The lowest BCUT2D eigenvalue weighted by atomic mass is 9.84. The summed E-state index contributed by atoms with van der Waals surface area (Å²) in [4.78, 5) is 12.2. The van der Waals surface area contributed by atoms with E-state index in [0.717, 1.165) is 0 Å². The fourth-order valence-electron chi connectivity index (χ4n) is 2.15. The average Bonchev–Trinajstić information content (AvgIpc) is 2.87. The highest BCUT2D eigenvalue weighted by Gasteiger charge is 2.23. The molecular weight excluding hydrogens is 264 g/mol. The third kappa shape index (κ3) is 3.42. The van der Waals surface area contributed by atoms with E-state index in [1.54, 1.807) is 10.9 Å². The fraction of sp³-hybridized carbons (Fsp3) is 0.375. The number of benzene rings is 1. The van der Waals surface area contributed by atoms with Gasteiger partial charge in [0, 0.05) is 24.7 Å². The molecule has 21 heavy (non-hydrogen) atoms. The van der Waals surface area contributed by atoms with Crippen LogP contribution in [0, 0.1) is 0 Å². The van der Waals surface area contributed by atoms with E-state index in [9.17, 15) is 4.79 Å². The molecule has 0 fully saturated rings. The second-order valence-electron chi connectivity index (χ2n) is 5.72. The van der Waals surface area contributed by atoms with Crippen molar-refractivity contribution in [3.8, 4) is 0 Å². The number of nitrogens with one attached hydrogen (secondary N) is 1. The van der Waals surface area contributed by atoms with Gasteiger partial charge in [0.25, 0.3) is 5.91 Å². The molecule has 112 valence electrons. The monoisotopic (exact) mass is 286 g/mol. The number of rotatable bonds is 5. The topological polar surface area (TPSA) is 72.9 Å². The molecule has 1 aromatic carbocycles. The van der Waals surface area contributed by atoms with Gasteiger partial charge in [0.1, 0.15) is 0 Å². The normalized spacial score (nSPS) is 11.4. The van der Waals surface area contributed by atoms with Crippen LogP contribution in [0.1, 0.15) is 36.8 Å². The van der Waals surface area contributed by atoms with Crippen LogP contribution in [0.5, 0.6) is 0 Å². The van der Waals surface area contributed by atoms with Crippen LogP contribution in [-0.4, -0.2) is 22.2 Å². The van der Waals surface area contributed by atoms with Crippen LogP contribution < -0.4 is 11.1 Å². The number of hydrogen-bond acceptors (Lipinski definition) is 3. The van der Waals surface area contributed by atoms with Crippen molar-refractivity contribution < 1.29 is 4.79 Å². The van der Waals surface area contributed by atoms with E-state index in [-0.39, 0.29) is 11.3 Å². The first-order chi connectivity index (χ1) is 9.94. The van der Waals surface area contributed by atoms with Crippen LogP contribution in [0.3, 0.4) is 0 Å². The summed E-state index contributed by atoms with van der Waals surface area (Å²) >= 11 is 0. The summed E-state index contributed by atoms with van der Waals surface area (Å²) in [6, 6.07) is 10.1. The van der Waals surface area contributed by atoms with Crippen molar-refractivity contribution in [2.45, 2.75) is 32.7 Å². The number of anilines is 1. The minimum atomic E-state index is -0.233. The molecule has 0 aliphatic carbocycles. The number of aromatic nitrogens is 2. The number of nitrogens with two attached hydrogens (primary N) is 1. The highest BCUT2D eigenvalue weighted by Crippen LogP contribution is 2.22. The van der Waals surface area contributed by atoms with E-state index in [1.165, 1.54) is 5.56 Å². The Morgan fingerprint density at radius 3 is 2.57 bits per heavy atom. The average molecular weight is 286 g/mol. The highest BCUT2D eigenvalue weighted by atomic mass is 16.2. The summed E-state index contributed by atoms with van der Waals surface area (Å²) < 4.78 is 1.66. The van der Waals surface area contributed by atoms with Gasteiger partial charge >= 0.3 is 0 Å². The second kappa shape index (κ2) is 5.99. The number of aryl methyl sites for hydroxylation is 1. The summed E-state index contributed by atoms with van der Waals surface area (Å²) in [6.45, 7) is 7.35. The molecule has 0 aliphatic rings. The minimum Gasteiger partial charge on any atom is -0.396 e. The van der Waals surface area contributed by atoms with Gasteiger partial charge in [-0.3, -0.25) is 9.48 Å². The lowest BCUT2D eigenvalue weighted by molar-refractivity contribution is 0.0940. The van der Waals surface area contributed by atoms with Crippen LogP contribution in [0.4, 0.5) is 5.69 Å². The Hall–Kier alpha value is -2.30. The third-order valence-corrected chi connectivity index (χ3v) is 3.58. The molecule has 1 aromatic heterocycles. The number of amides is 1. The Kier molecular flexibility index (Phi) is 4.31. The molecule has 2 aromatic rings. The SMILES string of the molecule is CCn1cc(N)c(C(=O)NCC(C)(C)c2ccccc2)n1. The largest absolute Gasteiger partial charge is 0.396 e. The van der Waals surface area contributed by atoms with Crippen LogP contribution >= 0.6 is 0 Å². The maximum Gasteiger partial charge on any atom is 0.273 e. The second-order valence-corrected chi connectivity index (χ2v) is 5.72. The van der Waals surface area contributed by atoms with Crippen molar-refractivity contribution in [3.05, 3.63) is 47.8 Å². The van der Waals surface area contributed by atoms with Gasteiger partial charge < -0.3 is 11.1 Å². The van der Waals surface area contributed by atoms with Crippen molar-refractivity contribution in [2.75, 3.05) is 12.3 Å². The predicted octanol–water partition coefficient (Wildman–Crippen LogP) is 2.19. The first-order valence-corrected chi connectivity index (χ1v) is 7.10. The van der Waals surface area contributed by atoms with Crippen molar-refractivity contribution in [1.82, 2.24) is 15.1 Å². The molecule has 0 atom stereocenters. The van der Waals surface area contributed by atoms with Crippen LogP contribution in [0.15, 0.2) is 36.5 Å². The molecule has 0 saturated carbocycles. The fourth-order valence-corrected chi connectivity index (χ4v) is 2.15. The Morgan fingerprint density at radius 1 is 1.33 bits per heavy atom. The number of hydrogen-bond donors (Lipinski definition) is 2. The number of nitrogens with zero attached hydrogens (tertiary/aromatic N) is 2. The van der Waals surface area contributed by atoms with E-state index in [0.29, 0.717) is 24.5 Å². The van der Waals surface area contributed by atoms with Gasteiger partial charge in [-0.15, -0.1) is 0 Å². The molecule has 0 spiro atoms. The molecule has 3 N–H and O–H groups in total. The summed E-state index contributed by atoms with van der Waals surface area (Å²) in [6.07, 6.45) is 1.68. The van der Waals surface area contributed by atoms with E-state index in [4.69, 9.17) is 5.73 Å². The maximum absolute atomic E-state index is 12.2. The van der Waals surface area contributed by atoms with E-state index in [2.05, 4.69) is 36.4 Å². The number of carbonyl (C=O) groups excluding carboxylic acids is 1. The molecule has 0 saturated heterocycles. The predicted molar refractivity (Wildman–Crippen MR) is 84.1 cm³/mol. The third-order valence-electron chi connectivity index (χ3n) is 3.58. The molecule has 0 radical (unpaired) electrons. The van der Waals surface area contributed by atoms with Gasteiger partial charge in [-0.2, -0.15) is 5.10 Å². The minimum absolute atomic E-state index is 0.154. The Morgan fingerprint density at radius 2 is 2.00 bits per heavy atom. The Labute approximate surface area is 125 Å². The van der Waals surface area contributed by atoms with E-state index >= 15 is 0 Å². The molecule has 5 nitrogen and oxygen atoms in total. The summed E-state index contributed by atoms with van der Waals surface area (Å²) in [7, 11) is 0. The zero-order chi connectivity index (χ0) is 15.5. The van der Waals surface area contributed by atoms with Gasteiger partial charge in [-0.25, -0.2) is 0 Å². The molecule has 1 heterocycles. The zero-order valence-corrected chi connectivity index (χ0v) is 12.8.